The Balaban J connectivity index is 2.03. The van der Waals surface area contributed by atoms with Gasteiger partial charge in [-0.1, -0.05) is 13.8 Å². The number of hydrogen-bond acceptors (Lipinski definition) is 3. The molecule has 0 bridgehead atoms. The first-order valence-corrected chi connectivity index (χ1v) is 6.76. The van der Waals surface area contributed by atoms with Crippen LogP contribution in [-0.4, -0.2) is 49.7 Å². The molecule has 0 aromatic heterocycles. The predicted octanol–water partition coefficient (Wildman–Crippen LogP) is 0.869. The smallest absolute Gasteiger partial charge is 0.248 e. The van der Waals surface area contributed by atoms with Gasteiger partial charge in [-0.15, -0.1) is 0 Å². The third kappa shape index (κ3) is 3.19. The molecule has 2 heterocycles. The lowest BCUT2D eigenvalue weighted by Gasteiger charge is -2.38. The number of hydrogen-bond donors (Lipinski definition) is 1. The number of nitrogens with one attached hydrogen (secondary N) is 1. The fourth-order valence-corrected chi connectivity index (χ4v) is 2.74. The minimum Gasteiger partial charge on any atom is -0.371 e. The summed E-state index contributed by atoms with van der Waals surface area (Å²) in [5, 5.41) is 3.39. The summed E-state index contributed by atoms with van der Waals surface area (Å²) in [5.41, 5.74) is 0. The average Bonchev–Trinajstić information content (AvgIpc) is 2.45. The van der Waals surface area contributed by atoms with Crippen LogP contribution < -0.4 is 5.32 Å². The number of fused-ring (bicyclic) bond motifs is 1. The number of carbonyl (C=O) groups is 1. The van der Waals surface area contributed by atoms with E-state index in [2.05, 4.69) is 24.1 Å². The number of amides is 1. The molecule has 2 aliphatic heterocycles. The van der Waals surface area contributed by atoms with Gasteiger partial charge in [-0.25, -0.2) is 0 Å². The Hall–Kier alpha value is -0.610. The van der Waals surface area contributed by atoms with Crippen LogP contribution in [0.4, 0.5) is 0 Å². The molecule has 17 heavy (non-hydrogen) atoms. The highest BCUT2D eigenvalue weighted by atomic mass is 16.5. The summed E-state index contributed by atoms with van der Waals surface area (Å²) in [6.45, 7) is 8.30. The molecule has 0 aliphatic carbocycles. The standard InChI is InChI=1S/C13H24N2O2/c1-10(2)4-6-15-12-3-5-14-7-11(12)8-17-9-13(15)16/h10-12,14H,3-9H2,1-2H3/t11-,12-/m0/s1. The highest BCUT2D eigenvalue weighted by Crippen LogP contribution is 2.22. The molecule has 2 atom stereocenters. The van der Waals surface area contributed by atoms with E-state index in [1.54, 1.807) is 0 Å². The van der Waals surface area contributed by atoms with Crippen molar-refractivity contribution >= 4 is 5.91 Å². The van der Waals surface area contributed by atoms with Crippen LogP contribution in [0.2, 0.25) is 0 Å². The summed E-state index contributed by atoms with van der Waals surface area (Å²) in [5.74, 6) is 1.30. The molecule has 2 fully saturated rings. The Morgan fingerprint density at radius 2 is 2.35 bits per heavy atom. The average molecular weight is 240 g/mol. The Bertz CT molecular complexity index is 268. The van der Waals surface area contributed by atoms with Crippen LogP contribution in [0.1, 0.15) is 26.7 Å². The summed E-state index contributed by atoms with van der Waals surface area (Å²) in [7, 11) is 0. The minimum atomic E-state index is 0.181. The monoisotopic (exact) mass is 240 g/mol. The zero-order valence-electron chi connectivity index (χ0n) is 10.9. The first kappa shape index (κ1) is 12.8. The van der Waals surface area contributed by atoms with Crippen LogP contribution in [0.3, 0.4) is 0 Å². The van der Waals surface area contributed by atoms with E-state index in [1.807, 2.05) is 0 Å². The largest absolute Gasteiger partial charge is 0.371 e. The molecule has 2 aliphatic rings. The van der Waals surface area contributed by atoms with Crippen molar-refractivity contribution in [3.05, 3.63) is 0 Å². The van der Waals surface area contributed by atoms with E-state index in [0.29, 0.717) is 17.9 Å². The third-order valence-electron chi connectivity index (χ3n) is 3.79. The first-order valence-electron chi connectivity index (χ1n) is 6.76. The van der Waals surface area contributed by atoms with Gasteiger partial charge in [-0.2, -0.15) is 0 Å². The maximum Gasteiger partial charge on any atom is 0.248 e. The Labute approximate surface area is 104 Å². The van der Waals surface area contributed by atoms with Gasteiger partial charge < -0.3 is 15.0 Å². The van der Waals surface area contributed by atoms with E-state index in [4.69, 9.17) is 4.74 Å². The molecule has 4 heteroatoms. The Morgan fingerprint density at radius 1 is 1.53 bits per heavy atom. The van der Waals surface area contributed by atoms with Crippen LogP contribution in [0.15, 0.2) is 0 Å². The molecule has 1 amide bonds. The zero-order chi connectivity index (χ0) is 12.3. The highest BCUT2D eigenvalue weighted by Gasteiger charge is 2.35. The van der Waals surface area contributed by atoms with Gasteiger partial charge in [0, 0.05) is 25.0 Å². The molecule has 4 nitrogen and oxygen atoms in total. The number of nitrogens with zero attached hydrogens (tertiary/aromatic N) is 1. The van der Waals surface area contributed by atoms with Gasteiger partial charge in [0.15, 0.2) is 0 Å². The molecule has 0 aromatic rings. The minimum absolute atomic E-state index is 0.181. The highest BCUT2D eigenvalue weighted by molar-refractivity contribution is 5.78. The van der Waals surface area contributed by atoms with Crippen molar-refractivity contribution in [3.8, 4) is 0 Å². The summed E-state index contributed by atoms with van der Waals surface area (Å²) in [4.78, 5) is 14.1. The lowest BCUT2D eigenvalue weighted by molar-refractivity contribution is -0.136. The van der Waals surface area contributed by atoms with E-state index >= 15 is 0 Å². The van der Waals surface area contributed by atoms with Gasteiger partial charge in [0.25, 0.3) is 0 Å². The number of rotatable bonds is 3. The molecule has 0 saturated carbocycles. The van der Waals surface area contributed by atoms with Gasteiger partial charge in [-0.05, 0) is 25.3 Å². The van der Waals surface area contributed by atoms with Gasteiger partial charge in [-0.3, -0.25) is 4.79 Å². The lowest BCUT2D eigenvalue weighted by Crippen LogP contribution is -2.52. The molecule has 98 valence electrons. The van der Waals surface area contributed by atoms with Crippen molar-refractivity contribution < 1.29 is 9.53 Å². The van der Waals surface area contributed by atoms with Gasteiger partial charge in [0.05, 0.1) is 6.61 Å². The summed E-state index contributed by atoms with van der Waals surface area (Å²) in [6, 6.07) is 0.394. The molecule has 0 spiro atoms. The van der Waals surface area contributed by atoms with Crippen LogP contribution in [0.25, 0.3) is 0 Å². The maximum absolute atomic E-state index is 12.1. The predicted molar refractivity (Wildman–Crippen MR) is 66.8 cm³/mol. The topological polar surface area (TPSA) is 41.6 Å². The number of piperidine rings is 1. The van der Waals surface area contributed by atoms with E-state index in [1.165, 1.54) is 0 Å². The van der Waals surface area contributed by atoms with E-state index < -0.39 is 0 Å². The van der Waals surface area contributed by atoms with E-state index in [9.17, 15) is 4.79 Å². The Morgan fingerprint density at radius 3 is 3.12 bits per heavy atom. The molecular formula is C13H24N2O2. The number of carbonyl (C=O) groups excluding carboxylic acids is 1. The van der Waals surface area contributed by atoms with E-state index in [0.717, 1.165) is 39.1 Å². The van der Waals surface area contributed by atoms with Crippen LogP contribution in [0.5, 0.6) is 0 Å². The SMILES string of the molecule is CC(C)CCN1C(=O)COC[C@@H]2CNCC[C@@H]21. The molecule has 2 saturated heterocycles. The van der Waals surface area contributed by atoms with Gasteiger partial charge in [0.1, 0.15) is 6.61 Å². The quantitative estimate of drug-likeness (QED) is 0.796. The fraction of sp³-hybridized carbons (Fsp3) is 0.923. The molecule has 0 radical (unpaired) electrons. The second kappa shape index (κ2) is 5.83. The second-order valence-electron chi connectivity index (χ2n) is 5.61. The summed E-state index contributed by atoms with van der Waals surface area (Å²) < 4.78 is 5.48. The molecule has 0 aromatic carbocycles. The first-order chi connectivity index (χ1) is 8.18. The van der Waals surface area contributed by atoms with Gasteiger partial charge in [0.2, 0.25) is 5.91 Å². The van der Waals surface area contributed by atoms with Crippen LogP contribution in [0, 0.1) is 11.8 Å². The molecule has 1 N–H and O–H groups in total. The van der Waals surface area contributed by atoms with Crippen molar-refractivity contribution in [3.63, 3.8) is 0 Å². The van der Waals surface area contributed by atoms with Crippen molar-refractivity contribution in [2.75, 3.05) is 32.8 Å². The van der Waals surface area contributed by atoms with E-state index in [-0.39, 0.29) is 12.5 Å². The van der Waals surface area contributed by atoms with Crippen molar-refractivity contribution in [1.82, 2.24) is 10.2 Å². The molecule has 0 unspecified atom stereocenters. The van der Waals surface area contributed by atoms with Gasteiger partial charge >= 0.3 is 0 Å². The Kier molecular flexibility index (Phi) is 4.40. The molecule has 2 rings (SSSR count). The van der Waals surface area contributed by atoms with Crippen LogP contribution >= 0.6 is 0 Å². The zero-order valence-corrected chi connectivity index (χ0v) is 10.9. The number of ether oxygens (including phenoxy) is 1. The second-order valence-corrected chi connectivity index (χ2v) is 5.61. The van der Waals surface area contributed by atoms with Crippen LogP contribution in [-0.2, 0) is 9.53 Å². The lowest BCUT2D eigenvalue weighted by atomic mass is 9.92. The van der Waals surface area contributed by atoms with Crippen molar-refractivity contribution in [2.45, 2.75) is 32.7 Å². The van der Waals surface area contributed by atoms with Crippen molar-refractivity contribution in [2.24, 2.45) is 11.8 Å². The molecular weight excluding hydrogens is 216 g/mol. The van der Waals surface area contributed by atoms with Crippen molar-refractivity contribution in [1.29, 1.82) is 0 Å². The fourth-order valence-electron chi connectivity index (χ4n) is 2.74. The third-order valence-corrected chi connectivity index (χ3v) is 3.79. The normalized spacial score (nSPS) is 30.3. The summed E-state index contributed by atoms with van der Waals surface area (Å²) in [6.07, 6.45) is 2.15. The summed E-state index contributed by atoms with van der Waals surface area (Å²) >= 11 is 0. The maximum atomic E-state index is 12.1.